The molecule has 0 bridgehead atoms. The Morgan fingerprint density at radius 2 is 1.14 bits per heavy atom. The summed E-state index contributed by atoms with van der Waals surface area (Å²) in [6.45, 7) is 0.592. The predicted octanol–water partition coefficient (Wildman–Crippen LogP) is 3.81. The van der Waals surface area contributed by atoms with Gasteiger partial charge in [-0.15, -0.1) is 0 Å². The van der Waals surface area contributed by atoms with Crippen molar-refractivity contribution in [1.82, 2.24) is 20.0 Å². The van der Waals surface area contributed by atoms with Crippen molar-refractivity contribution >= 4 is 56.7 Å². The number of aliphatic hydroxyl groups excluding tert-OH is 2. The molecule has 0 aliphatic carbocycles. The van der Waals surface area contributed by atoms with Crippen LogP contribution in [0.2, 0.25) is 0 Å². The molecule has 5 rings (SSSR count). The Hall–Kier alpha value is -4.21. The zero-order valence-corrected chi connectivity index (χ0v) is 30.2. The van der Waals surface area contributed by atoms with Crippen LogP contribution >= 0.6 is 27.0 Å². The average molecular weight is 729 g/mol. The number of ether oxygens (including phenoxy) is 1. The minimum atomic E-state index is -0.534. The first-order valence-electron chi connectivity index (χ1n) is 15.9. The summed E-state index contributed by atoms with van der Waals surface area (Å²) in [5.74, 6) is -1.04. The largest absolute Gasteiger partial charge is 0.445 e. The van der Waals surface area contributed by atoms with E-state index in [9.17, 15) is 29.1 Å². The van der Waals surface area contributed by atoms with Gasteiger partial charge in [-0.3, -0.25) is 29.0 Å². The summed E-state index contributed by atoms with van der Waals surface area (Å²) in [6, 6.07) is 22.5. The molecule has 0 aromatic heterocycles. The molecule has 3 aromatic rings. The minimum Gasteiger partial charge on any atom is -0.445 e. The van der Waals surface area contributed by atoms with Crippen LogP contribution in [0.4, 0.5) is 4.79 Å². The van der Waals surface area contributed by atoms with Crippen molar-refractivity contribution in [2.24, 2.45) is 0 Å². The number of likely N-dealkylation sites (N-methyl/N-ethyl adjacent to an activating group) is 2. The number of carbonyl (C=O) groups is 5. The number of nitrogens with zero attached hydrogens (tertiary/aromatic N) is 3. The normalized spacial score (nSPS) is 14.1. The number of rotatable bonds is 14. The number of benzene rings is 3. The van der Waals surface area contributed by atoms with Crippen molar-refractivity contribution in [3.8, 4) is 0 Å². The van der Waals surface area contributed by atoms with Gasteiger partial charge in [0, 0.05) is 27.6 Å². The molecule has 2 aliphatic rings. The highest BCUT2D eigenvalue weighted by Gasteiger charge is 2.35. The Morgan fingerprint density at radius 1 is 0.720 bits per heavy atom. The van der Waals surface area contributed by atoms with Crippen LogP contribution in [-0.4, -0.2) is 107 Å². The molecule has 3 aromatic carbocycles. The molecule has 0 unspecified atom stereocenters. The Balaban J connectivity index is 0.000000519. The summed E-state index contributed by atoms with van der Waals surface area (Å²) in [6.07, 6.45) is 1.76. The first-order valence-corrected chi connectivity index (χ1v) is 15.9. The van der Waals surface area contributed by atoms with E-state index in [0.29, 0.717) is 48.1 Å². The number of fused-ring (bicyclic) bond motifs is 2. The third kappa shape index (κ3) is 10.2. The summed E-state index contributed by atoms with van der Waals surface area (Å²) < 4.78 is 5.29. The molecule has 0 saturated carbocycles. The number of carbonyl (C=O) groups excluding carboxylic acids is 5. The van der Waals surface area contributed by atoms with Crippen molar-refractivity contribution in [3.05, 3.63) is 107 Å². The van der Waals surface area contributed by atoms with Crippen LogP contribution in [0, 0.1) is 0 Å². The van der Waals surface area contributed by atoms with E-state index in [4.69, 9.17) is 9.84 Å². The van der Waals surface area contributed by atoms with E-state index in [-0.39, 0.29) is 84.5 Å². The van der Waals surface area contributed by atoms with Crippen molar-refractivity contribution in [2.75, 3.05) is 40.4 Å². The van der Waals surface area contributed by atoms with Crippen molar-refractivity contribution < 1.29 is 40.3 Å². The van der Waals surface area contributed by atoms with Crippen LogP contribution in [0.3, 0.4) is 0 Å². The monoisotopic (exact) mass is 728 g/mol. The second kappa shape index (κ2) is 20.5. The Morgan fingerprint density at radius 3 is 1.54 bits per heavy atom. The van der Waals surface area contributed by atoms with Crippen molar-refractivity contribution in [1.29, 1.82) is 0 Å². The number of imide groups is 2. The van der Waals surface area contributed by atoms with Crippen LogP contribution < -0.4 is 5.32 Å². The molecule has 3 N–H and O–H groups in total. The molecule has 5 amide bonds. The number of hydrogen-bond acceptors (Lipinski definition) is 9. The summed E-state index contributed by atoms with van der Waals surface area (Å²) in [5, 5.41) is 21.7. The standard InChI is InChI=1S/C22H24N2O5.C14H18N2O3.2H2S.H2/c1-23(22(28)29-15-16-8-3-2-4-9-16)17(14-25)10-7-13-24-20(26)18-11-5-6-12-19(18)21(24)27;1-15-10(9-17)5-4-8-16-13(18)11-6-2-3-7-12(11)14(16)19;;;/h2-6,8-9,11-12,17,25H,7,10,13-15H2,1H3;2-3,6-7,10,15,17H,4-5,8-9H2,1H3;2*1H2;1H/t17-;10-;;;/m00.../s1. The number of amides is 5. The van der Waals surface area contributed by atoms with E-state index in [2.05, 4.69) is 5.32 Å². The van der Waals surface area contributed by atoms with Crippen LogP contribution in [0.1, 0.15) is 74.1 Å². The molecule has 50 heavy (non-hydrogen) atoms. The van der Waals surface area contributed by atoms with Crippen molar-refractivity contribution in [2.45, 2.75) is 44.4 Å². The predicted molar refractivity (Wildman–Crippen MR) is 200 cm³/mol. The lowest BCUT2D eigenvalue weighted by Crippen LogP contribution is -2.40. The Labute approximate surface area is 307 Å². The Bertz CT molecular complexity index is 1540. The highest BCUT2D eigenvalue weighted by Crippen LogP contribution is 2.24. The van der Waals surface area contributed by atoms with Gasteiger partial charge in [0.05, 0.1) is 41.5 Å². The topological polar surface area (TPSA) is 157 Å². The third-order valence-corrected chi connectivity index (χ3v) is 8.49. The highest BCUT2D eigenvalue weighted by molar-refractivity contribution is 7.59. The second-order valence-electron chi connectivity index (χ2n) is 11.6. The second-order valence-corrected chi connectivity index (χ2v) is 11.6. The van der Waals surface area contributed by atoms with E-state index in [1.165, 1.54) is 14.7 Å². The fourth-order valence-corrected chi connectivity index (χ4v) is 5.57. The summed E-state index contributed by atoms with van der Waals surface area (Å²) >= 11 is 0. The maximum Gasteiger partial charge on any atom is 0.410 e. The summed E-state index contributed by atoms with van der Waals surface area (Å²) in [4.78, 5) is 65.0. The summed E-state index contributed by atoms with van der Waals surface area (Å²) in [5.41, 5.74) is 2.68. The highest BCUT2D eigenvalue weighted by atomic mass is 32.1. The van der Waals surface area contributed by atoms with E-state index in [0.717, 1.165) is 12.0 Å². The molecule has 272 valence electrons. The van der Waals surface area contributed by atoms with E-state index < -0.39 is 12.1 Å². The number of nitrogens with one attached hydrogen (secondary N) is 1. The lowest BCUT2D eigenvalue weighted by Gasteiger charge is -2.26. The maximum absolute atomic E-state index is 12.4. The summed E-state index contributed by atoms with van der Waals surface area (Å²) in [7, 11) is 3.35. The Kier molecular flexibility index (Phi) is 17.2. The van der Waals surface area contributed by atoms with Gasteiger partial charge in [-0.1, -0.05) is 54.6 Å². The van der Waals surface area contributed by atoms with Crippen LogP contribution in [0.25, 0.3) is 0 Å². The fourth-order valence-electron chi connectivity index (χ4n) is 5.57. The molecule has 12 nitrogen and oxygen atoms in total. The van der Waals surface area contributed by atoms with Gasteiger partial charge in [0.15, 0.2) is 0 Å². The molecular formula is C36H48N4O8S2. The molecular weight excluding hydrogens is 681 g/mol. The van der Waals surface area contributed by atoms with E-state index in [1.807, 2.05) is 30.3 Å². The zero-order chi connectivity index (χ0) is 34.6. The van der Waals surface area contributed by atoms with Gasteiger partial charge in [0.25, 0.3) is 23.6 Å². The molecule has 0 spiro atoms. The minimum absolute atomic E-state index is 0. The quantitative estimate of drug-likeness (QED) is 0.210. The van der Waals surface area contributed by atoms with Crippen LogP contribution in [-0.2, 0) is 11.3 Å². The molecule has 2 atom stereocenters. The lowest BCUT2D eigenvalue weighted by molar-refractivity contribution is 0.0615. The molecule has 0 radical (unpaired) electrons. The first kappa shape index (κ1) is 42.0. The van der Waals surface area contributed by atoms with Crippen LogP contribution in [0.15, 0.2) is 78.9 Å². The van der Waals surface area contributed by atoms with Gasteiger partial charge in [0.2, 0.25) is 0 Å². The third-order valence-electron chi connectivity index (χ3n) is 8.49. The maximum atomic E-state index is 12.4. The van der Waals surface area contributed by atoms with Gasteiger partial charge in [-0.25, -0.2) is 4.79 Å². The van der Waals surface area contributed by atoms with Gasteiger partial charge < -0.3 is 25.2 Å². The van der Waals surface area contributed by atoms with E-state index >= 15 is 0 Å². The molecule has 2 heterocycles. The average Bonchev–Trinajstić information content (AvgIpc) is 3.51. The van der Waals surface area contributed by atoms with Gasteiger partial charge >= 0.3 is 6.09 Å². The SMILES string of the molecule is CN(C(=O)OCc1ccccc1)[C@H](CO)CCCN1C(=O)c2ccccc2C1=O.CN[C@H](CO)CCCN1C(=O)c2ccccc2C1=O.S.S.[HH]. The molecule has 14 heteroatoms. The molecule has 2 aliphatic heterocycles. The van der Waals surface area contributed by atoms with Crippen LogP contribution in [0.5, 0.6) is 0 Å². The smallest absolute Gasteiger partial charge is 0.410 e. The lowest BCUT2D eigenvalue weighted by atomic mass is 10.1. The zero-order valence-electron chi connectivity index (χ0n) is 28.2. The van der Waals surface area contributed by atoms with Gasteiger partial charge in [-0.2, -0.15) is 27.0 Å². The fraction of sp³-hybridized carbons (Fsp3) is 0.361. The number of aliphatic hydroxyl groups is 2. The van der Waals surface area contributed by atoms with Gasteiger partial charge in [-0.05, 0) is 62.6 Å². The van der Waals surface area contributed by atoms with Crippen molar-refractivity contribution in [3.63, 3.8) is 0 Å². The molecule has 0 fully saturated rings. The first-order chi connectivity index (χ1) is 23.2. The number of hydrogen-bond donors (Lipinski definition) is 3. The van der Waals surface area contributed by atoms with E-state index in [1.54, 1.807) is 62.6 Å². The molecule has 0 saturated heterocycles. The van der Waals surface area contributed by atoms with Gasteiger partial charge in [0.1, 0.15) is 6.61 Å².